The molecule has 4 nitrogen and oxygen atoms in total. The van der Waals surface area contributed by atoms with Gasteiger partial charge >= 0.3 is 0 Å². The minimum Gasteiger partial charge on any atom is -0.337 e. The lowest BCUT2D eigenvalue weighted by Gasteiger charge is -2.05. The van der Waals surface area contributed by atoms with Crippen molar-refractivity contribution in [3.8, 4) is 11.4 Å². The van der Waals surface area contributed by atoms with E-state index in [-0.39, 0.29) is 0 Å². The van der Waals surface area contributed by atoms with Crippen molar-refractivity contribution in [3.63, 3.8) is 0 Å². The first-order valence-electron chi connectivity index (χ1n) is 8.32. The third kappa shape index (κ3) is 1.97. The molecule has 0 saturated carbocycles. The highest BCUT2D eigenvalue weighted by Crippen LogP contribution is 2.34. The molecular weight excluding hydrogens is 308 g/mol. The standard InChI is InChI=1S/C21H16N4/c1-12-6-3-7-13(2)16(12)21-24-19-14-8-4-10-22-17(14)18-15(20(19)25-21)9-5-11-23-18/h3-11H,1-2H3,(H,24,25). The number of aryl methyl sites for hydroxylation is 2. The van der Waals surface area contributed by atoms with Crippen LogP contribution < -0.4 is 0 Å². The third-order valence-corrected chi connectivity index (χ3v) is 4.79. The van der Waals surface area contributed by atoms with Crippen molar-refractivity contribution in [2.75, 3.05) is 0 Å². The van der Waals surface area contributed by atoms with Crippen molar-refractivity contribution >= 4 is 32.8 Å². The minimum atomic E-state index is 0.894. The molecule has 0 unspecified atom stereocenters. The van der Waals surface area contributed by atoms with Crippen LogP contribution in [0, 0.1) is 13.8 Å². The summed E-state index contributed by atoms with van der Waals surface area (Å²) in [5.74, 6) is 0.895. The molecule has 1 N–H and O–H groups in total. The zero-order valence-corrected chi connectivity index (χ0v) is 14.0. The average Bonchev–Trinajstić information content (AvgIpc) is 3.07. The average molecular weight is 324 g/mol. The van der Waals surface area contributed by atoms with E-state index in [2.05, 4.69) is 59.1 Å². The maximum atomic E-state index is 4.96. The van der Waals surface area contributed by atoms with Crippen LogP contribution in [0.25, 0.3) is 44.2 Å². The van der Waals surface area contributed by atoms with Crippen molar-refractivity contribution in [3.05, 3.63) is 66.0 Å². The molecule has 0 amide bonds. The normalized spacial score (nSPS) is 11.6. The number of hydrogen-bond donors (Lipinski definition) is 1. The first kappa shape index (κ1) is 14.1. The van der Waals surface area contributed by atoms with E-state index < -0.39 is 0 Å². The third-order valence-electron chi connectivity index (χ3n) is 4.79. The van der Waals surface area contributed by atoms with Crippen LogP contribution in [0.5, 0.6) is 0 Å². The number of aromatic nitrogens is 4. The van der Waals surface area contributed by atoms with Crippen LogP contribution in [0.3, 0.4) is 0 Å². The predicted molar refractivity (Wildman–Crippen MR) is 102 cm³/mol. The minimum absolute atomic E-state index is 0.894. The van der Waals surface area contributed by atoms with Gasteiger partial charge in [-0.25, -0.2) is 4.98 Å². The van der Waals surface area contributed by atoms with Crippen LogP contribution in [-0.4, -0.2) is 19.9 Å². The van der Waals surface area contributed by atoms with E-state index in [1.165, 1.54) is 11.1 Å². The van der Waals surface area contributed by atoms with Crippen molar-refractivity contribution in [2.24, 2.45) is 0 Å². The summed E-state index contributed by atoms with van der Waals surface area (Å²) in [5.41, 5.74) is 7.34. The van der Waals surface area contributed by atoms with Gasteiger partial charge in [-0.3, -0.25) is 9.97 Å². The van der Waals surface area contributed by atoms with Crippen molar-refractivity contribution in [1.29, 1.82) is 0 Å². The van der Waals surface area contributed by atoms with Crippen molar-refractivity contribution in [1.82, 2.24) is 19.9 Å². The van der Waals surface area contributed by atoms with Gasteiger partial charge in [0.15, 0.2) is 0 Å². The van der Waals surface area contributed by atoms with Gasteiger partial charge in [-0.15, -0.1) is 0 Å². The van der Waals surface area contributed by atoms with Crippen molar-refractivity contribution in [2.45, 2.75) is 13.8 Å². The number of aromatic amines is 1. The van der Waals surface area contributed by atoms with Crippen LogP contribution in [0.2, 0.25) is 0 Å². The van der Waals surface area contributed by atoms with E-state index >= 15 is 0 Å². The maximum absolute atomic E-state index is 4.96. The fourth-order valence-corrected chi connectivity index (χ4v) is 3.65. The molecule has 0 aliphatic rings. The first-order valence-corrected chi connectivity index (χ1v) is 8.32. The topological polar surface area (TPSA) is 54.5 Å². The number of hydrogen-bond acceptors (Lipinski definition) is 3. The van der Waals surface area contributed by atoms with Gasteiger partial charge in [-0.05, 0) is 49.2 Å². The van der Waals surface area contributed by atoms with Crippen LogP contribution in [0.15, 0.2) is 54.9 Å². The lowest BCUT2D eigenvalue weighted by Crippen LogP contribution is -1.89. The van der Waals surface area contributed by atoms with Gasteiger partial charge in [0, 0.05) is 28.7 Å². The summed E-state index contributed by atoms with van der Waals surface area (Å²) in [6.45, 7) is 4.24. The molecule has 5 rings (SSSR count). The Morgan fingerprint density at radius 2 is 1.36 bits per heavy atom. The molecule has 4 heteroatoms. The summed E-state index contributed by atoms with van der Waals surface area (Å²) in [6.07, 6.45) is 3.62. The highest BCUT2D eigenvalue weighted by atomic mass is 14.9. The van der Waals surface area contributed by atoms with E-state index in [0.717, 1.165) is 44.2 Å². The molecule has 5 aromatic rings. The van der Waals surface area contributed by atoms with E-state index in [9.17, 15) is 0 Å². The Hall–Kier alpha value is -3.27. The van der Waals surface area contributed by atoms with Gasteiger partial charge in [0.2, 0.25) is 0 Å². The Morgan fingerprint density at radius 1 is 0.720 bits per heavy atom. The van der Waals surface area contributed by atoms with Crippen LogP contribution in [0.1, 0.15) is 11.1 Å². The Bertz CT molecular complexity index is 1170. The largest absolute Gasteiger partial charge is 0.337 e. The number of H-pyrrole nitrogens is 1. The van der Waals surface area contributed by atoms with Gasteiger partial charge < -0.3 is 4.98 Å². The molecule has 120 valence electrons. The quantitative estimate of drug-likeness (QED) is 0.444. The number of rotatable bonds is 1. The second kappa shape index (κ2) is 5.11. The van der Waals surface area contributed by atoms with E-state index in [1.54, 1.807) is 6.20 Å². The molecule has 0 atom stereocenters. The van der Waals surface area contributed by atoms with Gasteiger partial charge in [0.1, 0.15) is 5.82 Å². The van der Waals surface area contributed by atoms with Crippen molar-refractivity contribution < 1.29 is 0 Å². The van der Waals surface area contributed by atoms with Gasteiger partial charge in [0.05, 0.1) is 22.1 Å². The van der Waals surface area contributed by atoms with Crippen LogP contribution in [-0.2, 0) is 0 Å². The van der Waals surface area contributed by atoms with E-state index in [1.807, 2.05) is 18.3 Å². The molecule has 2 aromatic carbocycles. The number of nitrogens with zero attached hydrogens (tertiary/aromatic N) is 3. The summed E-state index contributed by atoms with van der Waals surface area (Å²) in [5, 5.41) is 2.08. The second-order valence-electron chi connectivity index (χ2n) is 6.37. The molecule has 0 saturated heterocycles. The molecule has 25 heavy (non-hydrogen) atoms. The molecule has 0 bridgehead atoms. The van der Waals surface area contributed by atoms with E-state index in [4.69, 9.17) is 4.98 Å². The zero-order chi connectivity index (χ0) is 17.0. The smallest absolute Gasteiger partial charge is 0.139 e. The number of imidazole rings is 1. The number of pyridine rings is 2. The van der Waals surface area contributed by atoms with Crippen LogP contribution >= 0.6 is 0 Å². The summed E-state index contributed by atoms with van der Waals surface area (Å²) in [6, 6.07) is 14.4. The predicted octanol–water partition coefficient (Wildman–Crippen LogP) is 4.94. The first-order chi connectivity index (χ1) is 12.2. The fourth-order valence-electron chi connectivity index (χ4n) is 3.65. The molecule has 0 fully saturated rings. The summed E-state index contributed by atoms with van der Waals surface area (Å²) in [7, 11) is 0. The van der Waals surface area contributed by atoms with Gasteiger partial charge in [-0.1, -0.05) is 18.2 Å². The second-order valence-corrected chi connectivity index (χ2v) is 6.37. The lowest BCUT2D eigenvalue weighted by molar-refractivity contribution is 1.28. The molecule has 3 heterocycles. The maximum Gasteiger partial charge on any atom is 0.139 e. The lowest BCUT2D eigenvalue weighted by atomic mass is 10.0. The van der Waals surface area contributed by atoms with Gasteiger partial charge in [0.25, 0.3) is 0 Å². The Balaban J connectivity index is 1.98. The summed E-state index contributed by atoms with van der Waals surface area (Å²) < 4.78 is 0. The monoisotopic (exact) mass is 324 g/mol. The number of nitrogens with one attached hydrogen (secondary N) is 1. The Morgan fingerprint density at radius 3 is 2.08 bits per heavy atom. The number of benzene rings is 2. The van der Waals surface area contributed by atoms with Gasteiger partial charge in [-0.2, -0.15) is 0 Å². The highest BCUT2D eigenvalue weighted by molar-refractivity contribution is 6.21. The Kier molecular flexibility index (Phi) is 2.88. The molecule has 0 spiro atoms. The molecule has 0 aliphatic carbocycles. The molecular formula is C21H16N4. The van der Waals surface area contributed by atoms with E-state index in [0.29, 0.717) is 0 Å². The Labute approximate surface area is 144 Å². The SMILES string of the molecule is Cc1cccc(C)c1-c1nc2c3cccnc3c3ncccc3c2[nH]1. The van der Waals surface area contributed by atoms with Crippen LogP contribution in [0.4, 0.5) is 0 Å². The molecule has 3 aromatic heterocycles. The fraction of sp³-hybridized carbons (Fsp3) is 0.0952. The molecule has 0 aliphatic heterocycles. The number of fused-ring (bicyclic) bond motifs is 6. The molecule has 0 radical (unpaired) electrons. The zero-order valence-electron chi connectivity index (χ0n) is 14.0. The summed E-state index contributed by atoms with van der Waals surface area (Å²) >= 11 is 0. The highest BCUT2D eigenvalue weighted by Gasteiger charge is 2.16. The summed E-state index contributed by atoms with van der Waals surface area (Å²) in [4.78, 5) is 17.6.